The van der Waals surface area contributed by atoms with Crippen LogP contribution in [0.25, 0.3) is 0 Å². The molecule has 0 spiro atoms. The van der Waals surface area contributed by atoms with Gasteiger partial charge in [0.05, 0.1) is 5.02 Å². The number of carbonyl (C=O) groups excluding carboxylic acids is 1. The fourth-order valence-corrected chi connectivity index (χ4v) is 1.91. The molecule has 0 bridgehead atoms. The summed E-state index contributed by atoms with van der Waals surface area (Å²) in [5, 5.41) is 0.496. The van der Waals surface area contributed by atoms with Crippen molar-refractivity contribution in [1.82, 2.24) is 0 Å². The highest BCUT2D eigenvalue weighted by Crippen LogP contribution is 2.20. The standard InChI is InChI=1S/C15H13ClO/c1-10-7-8-12(9-11(10)2)15(17)13-5-3-4-6-14(13)16/h3-9H,1-2H3. The molecule has 1 nitrogen and oxygen atoms in total. The van der Waals surface area contributed by atoms with Crippen LogP contribution >= 0.6 is 11.6 Å². The maximum Gasteiger partial charge on any atom is 0.194 e. The molecule has 0 saturated heterocycles. The lowest BCUT2D eigenvalue weighted by Crippen LogP contribution is -2.02. The average Bonchev–Trinajstić information content (AvgIpc) is 2.32. The number of ketones is 1. The molecule has 0 aliphatic carbocycles. The minimum absolute atomic E-state index is 0.0290. The van der Waals surface area contributed by atoms with Gasteiger partial charge < -0.3 is 0 Å². The number of aryl methyl sites for hydroxylation is 2. The Bertz CT molecular complexity index is 573. The van der Waals surface area contributed by atoms with Crippen LogP contribution in [-0.4, -0.2) is 5.78 Å². The predicted octanol–water partition coefficient (Wildman–Crippen LogP) is 4.19. The highest BCUT2D eigenvalue weighted by Gasteiger charge is 2.12. The van der Waals surface area contributed by atoms with Gasteiger partial charge in [-0.1, -0.05) is 35.9 Å². The molecule has 0 aliphatic rings. The third-order valence-electron chi connectivity index (χ3n) is 2.89. The first-order valence-corrected chi connectivity index (χ1v) is 5.84. The highest BCUT2D eigenvalue weighted by molar-refractivity contribution is 6.34. The first-order chi connectivity index (χ1) is 8.09. The number of rotatable bonds is 2. The van der Waals surface area contributed by atoms with Gasteiger partial charge in [-0.05, 0) is 43.2 Å². The average molecular weight is 245 g/mol. The highest BCUT2D eigenvalue weighted by atomic mass is 35.5. The second-order valence-corrected chi connectivity index (χ2v) is 4.52. The van der Waals surface area contributed by atoms with E-state index < -0.39 is 0 Å². The largest absolute Gasteiger partial charge is 0.289 e. The summed E-state index contributed by atoms with van der Waals surface area (Å²) in [4.78, 5) is 12.2. The van der Waals surface area contributed by atoms with Gasteiger partial charge in [0.1, 0.15) is 0 Å². The molecule has 0 atom stereocenters. The van der Waals surface area contributed by atoms with Gasteiger partial charge in [-0.3, -0.25) is 4.79 Å². The van der Waals surface area contributed by atoms with Gasteiger partial charge in [-0.2, -0.15) is 0 Å². The molecule has 0 heterocycles. The Labute approximate surface area is 106 Å². The van der Waals surface area contributed by atoms with E-state index in [-0.39, 0.29) is 5.78 Å². The van der Waals surface area contributed by atoms with Crippen LogP contribution in [0.1, 0.15) is 27.0 Å². The molecule has 0 aromatic heterocycles. The molecule has 0 fully saturated rings. The third kappa shape index (κ3) is 2.40. The summed E-state index contributed by atoms with van der Waals surface area (Å²) in [6.45, 7) is 4.03. The van der Waals surface area contributed by atoms with Gasteiger partial charge in [0.25, 0.3) is 0 Å². The van der Waals surface area contributed by atoms with E-state index in [1.807, 2.05) is 44.2 Å². The zero-order valence-corrected chi connectivity index (χ0v) is 10.6. The van der Waals surface area contributed by atoms with E-state index in [4.69, 9.17) is 11.6 Å². The summed E-state index contributed by atoms with van der Waals surface area (Å²) >= 11 is 6.02. The van der Waals surface area contributed by atoms with E-state index >= 15 is 0 Å². The molecule has 0 N–H and O–H groups in total. The van der Waals surface area contributed by atoms with Gasteiger partial charge in [0, 0.05) is 11.1 Å². The molecule has 86 valence electrons. The van der Waals surface area contributed by atoms with Crippen LogP contribution in [0.4, 0.5) is 0 Å². The van der Waals surface area contributed by atoms with Crippen LogP contribution < -0.4 is 0 Å². The molecular formula is C15H13ClO. The molecule has 0 saturated carbocycles. The van der Waals surface area contributed by atoms with Crippen LogP contribution in [0.3, 0.4) is 0 Å². The second-order valence-electron chi connectivity index (χ2n) is 4.11. The molecule has 2 aromatic carbocycles. The summed E-state index contributed by atoms with van der Waals surface area (Å²) in [7, 11) is 0. The van der Waals surface area contributed by atoms with Crippen molar-refractivity contribution < 1.29 is 4.79 Å². The lowest BCUT2D eigenvalue weighted by Gasteiger charge is -2.06. The van der Waals surface area contributed by atoms with Crippen molar-refractivity contribution in [2.45, 2.75) is 13.8 Å². The van der Waals surface area contributed by atoms with E-state index in [0.717, 1.165) is 5.56 Å². The number of halogens is 1. The van der Waals surface area contributed by atoms with Crippen LogP contribution in [-0.2, 0) is 0 Å². The summed E-state index contributed by atoms with van der Waals surface area (Å²) in [5.74, 6) is -0.0290. The Balaban J connectivity index is 2.44. The van der Waals surface area contributed by atoms with E-state index in [1.165, 1.54) is 5.56 Å². The zero-order valence-electron chi connectivity index (χ0n) is 9.83. The Morgan fingerprint density at radius 1 is 1.00 bits per heavy atom. The van der Waals surface area contributed by atoms with Crippen molar-refractivity contribution in [2.24, 2.45) is 0 Å². The third-order valence-corrected chi connectivity index (χ3v) is 3.22. The molecule has 0 radical (unpaired) electrons. The number of benzene rings is 2. The van der Waals surface area contributed by atoms with Crippen LogP contribution in [0, 0.1) is 13.8 Å². The molecular weight excluding hydrogens is 232 g/mol. The lowest BCUT2D eigenvalue weighted by molar-refractivity contribution is 0.103. The quantitative estimate of drug-likeness (QED) is 0.724. The van der Waals surface area contributed by atoms with Crippen LogP contribution in [0.2, 0.25) is 5.02 Å². The van der Waals surface area contributed by atoms with Crippen molar-refractivity contribution >= 4 is 17.4 Å². The normalized spacial score (nSPS) is 10.3. The Kier molecular flexibility index (Phi) is 3.30. The van der Waals surface area contributed by atoms with Crippen molar-refractivity contribution in [3.8, 4) is 0 Å². The first-order valence-electron chi connectivity index (χ1n) is 5.46. The fourth-order valence-electron chi connectivity index (χ4n) is 1.68. The van der Waals surface area contributed by atoms with Gasteiger partial charge in [0.2, 0.25) is 0 Å². The zero-order chi connectivity index (χ0) is 12.4. The summed E-state index contributed by atoms with van der Waals surface area (Å²) in [5.41, 5.74) is 3.53. The number of hydrogen-bond acceptors (Lipinski definition) is 1. The Morgan fingerprint density at radius 3 is 2.35 bits per heavy atom. The van der Waals surface area contributed by atoms with Gasteiger partial charge in [-0.15, -0.1) is 0 Å². The minimum Gasteiger partial charge on any atom is -0.289 e. The SMILES string of the molecule is Cc1ccc(C(=O)c2ccccc2Cl)cc1C. The monoisotopic (exact) mass is 244 g/mol. The maximum absolute atomic E-state index is 12.2. The molecule has 2 heteroatoms. The molecule has 2 rings (SSSR count). The van der Waals surface area contributed by atoms with E-state index in [0.29, 0.717) is 16.1 Å². The second kappa shape index (κ2) is 4.72. The lowest BCUT2D eigenvalue weighted by atomic mass is 9.99. The topological polar surface area (TPSA) is 17.1 Å². The van der Waals surface area contributed by atoms with Crippen molar-refractivity contribution in [1.29, 1.82) is 0 Å². The Morgan fingerprint density at radius 2 is 1.71 bits per heavy atom. The first kappa shape index (κ1) is 11.9. The van der Waals surface area contributed by atoms with Crippen molar-refractivity contribution in [3.63, 3.8) is 0 Å². The Hall–Kier alpha value is -1.60. The van der Waals surface area contributed by atoms with Crippen molar-refractivity contribution in [2.75, 3.05) is 0 Å². The maximum atomic E-state index is 12.2. The summed E-state index contributed by atoms with van der Waals surface area (Å²) in [6.07, 6.45) is 0. The van der Waals surface area contributed by atoms with Gasteiger partial charge >= 0.3 is 0 Å². The molecule has 0 aliphatic heterocycles. The molecule has 0 amide bonds. The smallest absolute Gasteiger partial charge is 0.194 e. The molecule has 0 unspecified atom stereocenters. The van der Waals surface area contributed by atoms with Crippen LogP contribution in [0.5, 0.6) is 0 Å². The van der Waals surface area contributed by atoms with E-state index in [9.17, 15) is 4.79 Å². The van der Waals surface area contributed by atoms with E-state index in [2.05, 4.69) is 0 Å². The molecule has 17 heavy (non-hydrogen) atoms. The fraction of sp³-hybridized carbons (Fsp3) is 0.133. The van der Waals surface area contributed by atoms with Gasteiger partial charge in [0.15, 0.2) is 5.78 Å². The summed E-state index contributed by atoms with van der Waals surface area (Å²) < 4.78 is 0. The van der Waals surface area contributed by atoms with Crippen molar-refractivity contribution in [3.05, 3.63) is 69.7 Å². The summed E-state index contributed by atoms with van der Waals surface area (Å²) in [6, 6.07) is 12.8. The van der Waals surface area contributed by atoms with E-state index in [1.54, 1.807) is 12.1 Å². The van der Waals surface area contributed by atoms with Crippen LogP contribution in [0.15, 0.2) is 42.5 Å². The number of carbonyl (C=O) groups is 1. The minimum atomic E-state index is -0.0290. The predicted molar refractivity (Wildman–Crippen MR) is 70.8 cm³/mol. The van der Waals surface area contributed by atoms with Gasteiger partial charge in [-0.25, -0.2) is 0 Å². The molecule has 2 aromatic rings. The number of hydrogen-bond donors (Lipinski definition) is 0.